The molecule has 0 bridgehead atoms. The summed E-state index contributed by atoms with van der Waals surface area (Å²) >= 11 is 0. The maximum Gasteiger partial charge on any atom is 0.201 e. The van der Waals surface area contributed by atoms with Gasteiger partial charge in [-0.1, -0.05) is 32.6 Å². The van der Waals surface area contributed by atoms with Crippen LogP contribution in [-0.2, 0) is 6.42 Å². The van der Waals surface area contributed by atoms with Gasteiger partial charge in [0.2, 0.25) is 5.82 Å². The van der Waals surface area contributed by atoms with Crippen LogP contribution in [0.5, 0.6) is 5.75 Å². The molecule has 0 aromatic heterocycles. The maximum atomic E-state index is 14.2. The molecule has 1 aliphatic carbocycles. The number of hydrogen-bond acceptors (Lipinski definition) is 2. The molecule has 1 aromatic rings. The third-order valence-corrected chi connectivity index (χ3v) is 5.48. The number of halogens is 2. The summed E-state index contributed by atoms with van der Waals surface area (Å²) in [6.07, 6.45) is 8.97. The van der Waals surface area contributed by atoms with E-state index in [0.29, 0.717) is 24.2 Å². The highest BCUT2D eigenvalue weighted by atomic mass is 19.2. The van der Waals surface area contributed by atoms with Crippen LogP contribution in [0.1, 0.15) is 67.8 Å². The minimum atomic E-state index is -1.09. The Kier molecular flexibility index (Phi) is 4.98. The Balaban J connectivity index is 1.71. The van der Waals surface area contributed by atoms with Crippen molar-refractivity contribution in [1.29, 1.82) is 0 Å². The van der Waals surface area contributed by atoms with E-state index < -0.39 is 11.6 Å². The van der Waals surface area contributed by atoms with E-state index in [1.165, 1.54) is 31.7 Å². The zero-order valence-corrected chi connectivity index (χ0v) is 13.6. The minimum Gasteiger partial charge on any atom is -0.487 e. The number of aldehydes is 1. The van der Waals surface area contributed by atoms with Gasteiger partial charge in [0.25, 0.3) is 0 Å². The van der Waals surface area contributed by atoms with Crippen LogP contribution < -0.4 is 4.74 Å². The summed E-state index contributed by atoms with van der Waals surface area (Å²) < 4.78 is 33.8. The van der Waals surface area contributed by atoms with E-state index in [9.17, 15) is 13.6 Å². The summed E-state index contributed by atoms with van der Waals surface area (Å²) in [5, 5.41) is 0. The lowest BCUT2D eigenvalue weighted by Gasteiger charge is -2.36. The number of carbonyl (C=O) groups is 1. The molecular formula is C19H24F2O2. The van der Waals surface area contributed by atoms with Crippen molar-refractivity contribution in [2.75, 3.05) is 0 Å². The monoisotopic (exact) mass is 322 g/mol. The quantitative estimate of drug-likeness (QED) is 0.723. The summed E-state index contributed by atoms with van der Waals surface area (Å²) in [7, 11) is 0. The second-order valence-corrected chi connectivity index (χ2v) is 6.96. The molecule has 1 aliphatic heterocycles. The molecule has 0 radical (unpaired) electrons. The number of rotatable bonds is 4. The molecule has 1 atom stereocenters. The van der Waals surface area contributed by atoms with E-state index in [0.717, 1.165) is 25.2 Å². The molecule has 0 amide bonds. The van der Waals surface area contributed by atoms with Crippen LogP contribution in [0.2, 0.25) is 0 Å². The van der Waals surface area contributed by atoms with E-state index in [2.05, 4.69) is 6.92 Å². The third-order valence-electron chi connectivity index (χ3n) is 5.48. The van der Waals surface area contributed by atoms with Gasteiger partial charge in [-0.05, 0) is 49.1 Å². The molecule has 1 heterocycles. The van der Waals surface area contributed by atoms with E-state index in [-0.39, 0.29) is 17.4 Å². The lowest BCUT2D eigenvalue weighted by Crippen LogP contribution is -2.34. The molecule has 3 rings (SSSR count). The van der Waals surface area contributed by atoms with Crippen LogP contribution in [0.4, 0.5) is 8.78 Å². The smallest absolute Gasteiger partial charge is 0.201 e. The van der Waals surface area contributed by atoms with Gasteiger partial charge in [-0.2, -0.15) is 4.39 Å². The SMILES string of the molecule is CCCC1CCC(C2CCc3cc(C=O)c(F)c(F)c3O2)CC1. The number of benzene rings is 1. The average Bonchev–Trinajstić information content (AvgIpc) is 2.59. The first kappa shape index (κ1) is 16.4. The van der Waals surface area contributed by atoms with Crippen LogP contribution >= 0.6 is 0 Å². The third kappa shape index (κ3) is 3.26. The van der Waals surface area contributed by atoms with E-state index in [1.807, 2.05) is 0 Å². The Morgan fingerprint density at radius 2 is 1.91 bits per heavy atom. The lowest BCUT2D eigenvalue weighted by atomic mass is 9.76. The van der Waals surface area contributed by atoms with Crippen LogP contribution in [0.25, 0.3) is 0 Å². The zero-order chi connectivity index (χ0) is 16.4. The summed E-state index contributed by atoms with van der Waals surface area (Å²) in [5.41, 5.74) is 0.394. The van der Waals surface area contributed by atoms with Crippen molar-refractivity contribution in [3.05, 3.63) is 28.8 Å². The number of carbonyl (C=O) groups excluding carboxylic acids is 1. The molecule has 2 aliphatic rings. The second-order valence-electron chi connectivity index (χ2n) is 6.96. The van der Waals surface area contributed by atoms with Gasteiger partial charge in [-0.15, -0.1) is 0 Å². The molecule has 4 heteroatoms. The standard InChI is InChI=1S/C19H24F2O2/c1-2-3-12-4-6-13(7-5-12)16-9-8-14-10-15(11-22)17(20)18(21)19(14)23-16/h10-13,16H,2-9H2,1H3. The van der Waals surface area contributed by atoms with Gasteiger partial charge < -0.3 is 4.74 Å². The first-order valence-electron chi connectivity index (χ1n) is 8.76. The molecule has 1 aromatic carbocycles. The molecule has 23 heavy (non-hydrogen) atoms. The van der Waals surface area contributed by atoms with Gasteiger partial charge in [0.1, 0.15) is 6.10 Å². The summed E-state index contributed by atoms with van der Waals surface area (Å²) in [5.74, 6) is -0.819. The van der Waals surface area contributed by atoms with Crippen molar-refractivity contribution in [2.24, 2.45) is 11.8 Å². The van der Waals surface area contributed by atoms with Gasteiger partial charge in [-0.25, -0.2) is 4.39 Å². The van der Waals surface area contributed by atoms with Crippen LogP contribution in [0.15, 0.2) is 6.07 Å². The molecule has 126 valence electrons. The maximum absolute atomic E-state index is 14.2. The fourth-order valence-corrected chi connectivity index (χ4v) is 4.18. The van der Waals surface area contributed by atoms with Crippen molar-refractivity contribution in [3.8, 4) is 5.75 Å². The van der Waals surface area contributed by atoms with Crippen molar-refractivity contribution in [1.82, 2.24) is 0 Å². The zero-order valence-electron chi connectivity index (χ0n) is 13.6. The highest BCUT2D eigenvalue weighted by Gasteiger charge is 2.33. The first-order chi connectivity index (χ1) is 11.1. The van der Waals surface area contributed by atoms with Gasteiger partial charge in [0.05, 0.1) is 5.56 Å². The number of hydrogen-bond donors (Lipinski definition) is 0. The Hall–Kier alpha value is -1.45. The predicted molar refractivity (Wildman–Crippen MR) is 84.8 cm³/mol. The largest absolute Gasteiger partial charge is 0.487 e. The van der Waals surface area contributed by atoms with Crippen LogP contribution in [0, 0.1) is 23.5 Å². The van der Waals surface area contributed by atoms with Crippen molar-refractivity contribution in [3.63, 3.8) is 0 Å². The molecule has 2 nitrogen and oxygen atoms in total. The van der Waals surface area contributed by atoms with Gasteiger partial charge in [-0.3, -0.25) is 4.79 Å². The average molecular weight is 322 g/mol. The predicted octanol–water partition coefficient (Wildman–Crippen LogP) is 5.08. The number of fused-ring (bicyclic) bond motifs is 1. The van der Waals surface area contributed by atoms with E-state index in [4.69, 9.17) is 4.74 Å². The van der Waals surface area contributed by atoms with Crippen molar-refractivity contribution in [2.45, 2.75) is 64.4 Å². The molecular weight excluding hydrogens is 298 g/mol. The first-order valence-corrected chi connectivity index (χ1v) is 8.76. The van der Waals surface area contributed by atoms with Crippen molar-refractivity contribution < 1.29 is 18.3 Å². The fraction of sp³-hybridized carbons (Fsp3) is 0.632. The molecule has 0 spiro atoms. The fourth-order valence-electron chi connectivity index (χ4n) is 4.18. The van der Waals surface area contributed by atoms with E-state index >= 15 is 0 Å². The number of ether oxygens (including phenoxy) is 1. The van der Waals surface area contributed by atoms with E-state index in [1.54, 1.807) is 0 Å². The minimum absolute atomic E-state index is 0.0268. The van der Waals surface area contributed by atoms with Gasteiger partial charge >= 0.3 is 0 Å². The molecule has 1 unspecified atom stereocenters. The highest BCUT2D eigenvalue weighted by molar-refractivity contribution is 5.76. The lowest BCUT2D eigenvalue weighted by molar-refractivity contribution is 0.0709. The number of aryl methyl sites for hydroxylation is 1. The normalized spacial score (nSPS) is 27.2. The van der Waals surface area contributed by atoms with Crippen molar-refractivity contribution >= 4 is 6.29 Å². The topological polar surface area (TPSA) is 26.3 Å². The summed E-state index contributed by atoms with van der Waals surface area (Å²) in [6, 6.07) is 1.43. The molecule has 1 fully saturated rings. The van der Waals surface area contributed by atoms with Crippen LogP contribution in [0.3, 0.4) is 0 Å². The molecule has 1 saturated carbocycles. The van der Waals surface area contributed by atoms with Gasteiger partial charge in [0, 0.05) is 0 Å². The summed E-state index contributed by atoms with van der Waals surface area (Å²) in [6.45, 7) is 2.22. The highest BCUT2D eigenvalue weighted by Crippen LogP contribution is 2.40. The Bertz CT molecular complexity index is 577. The van der Waals surface area contributed by atoms with Gasteiger partial charge in [0.15, 0.2) is 17.9 Å². The molecule has 0 N–H and O–H groups in total. The Labute approximate surface area is 136 Å². The Morgan fingerprint density at radius 1 is 1.17 bits per heavy atom. The second kappa shape index (κ2) is 6.98. The molecule has 0 saturated heterocycles. The Morgan fingerprint density at radius 3 is 2.57 bits per heavy atom. The van der Waals surface area contributed by atoms with Crippen LogP contribution in [-0.4, -0.2) is 12.4 Å². The summed E-state index contributed by atoms with van der Waals surface area (Å²) in [4.78, 5) is 10.8.